The van der Waals surface area contributed by atoms with E-state index < -0.39 is 17.7 Å². The molecule has 2 N–H and O–H groups in total. The smallest absolute Gasteiger partial charge is 0.367 e. The van der Waals surface area contributed by atoms with Crippen molar-refractivity contribution in [1.82, 2.24) is 10.6 Å². The van der Waals surface area contributed by atoms with Gasteiger partial charge in [0.05, 0.1) is 18.1 Å². The quantitative estimate of drug-likeness (QED) is 0.276. The van der Waals surface area contributed by atoms with Gasteiger partial charge in [-0.3, -0.25) is 10.1 Å². The summed E-state index contributed by atoms with van der Waals surface area (Å²) in [4.78, 5) is 15.1. The van der Waals surface area contributed by atoms with E-state index in [1.54, 1.807) is 42.5 Å². The molecule has 0 saturated heterocycles. The third kappa shape index (κ3) is 8.08. The predicted molar refractivity (Wildman–Crippen MR) is 107 cm³/mol. The maximum absolute atomic E-state index is 12.1. The van der Waals surface area contributed by atoms with E-state index in [2.05, 4.69) is 20.4 Å². The fraction of sp³-hybridized carbons (Fsp3) is 0.350. The summed E-state index contributed by atoms with van der Waals surface area (Å²) in [6, 6.07) is 13.4. The average molecular weight is 424 g/mol. The summed E-state index contributed by atoms with van der Waals surface area (Å²) in [6.45, 7) is 1.67. The Morgan fingerprint density at radius 2 is 1.77 bits per heavy atom. The molecule has 0 fully saturated rings. The van der Waals surface area contributed by atoms with Crippen LogP contribution in [0.4, 0.5) is 18.9 Å². The van der Waals surface area contributed by atoms with Gasteiger partial charge in [-0.25, -0.2) is 4.99 Å². The van der Waals surface area contributed by atoms with Gasteiger partial charge < -0.3 is 15.4 Å². The first-order chi connectivity index (χ1) is 14.3. The van der Waals surface area contributed by atoms with E-state index in [0.29, 0.717) is 30.2 Å². The summed E-state index contributed by atoms with van der Waals surface area (Å²) in [7, 11) is 0. The minimum Gasteiger partial charge on any atom is -0.367 e. The van der Waals surface area contributed by atoms with Gasteiger partial charge in [0.25, 0.3) is 5.69 Å². The number of halogens is 3. The molecule has 162 valence electrons. The molecule has 0 spiro atoms. The molecular formula is C20H23F3N4O3. The highest BCUT2D eigenvalue weighted by atomic mass is 19.4. The van der Waals surface area contributed by atoms with Crippen LogP contribution in [0, 0.1) is 10.1 Å². The molecule has 30 heavy (non-hydrogen) atoms. The van der Waals surface area contributed by atoms with Crippen LogP contribution in [0.25, 0.3) is 0 Å². The Kier molecular flexibility index (Phi) is 8.60. The zero-order chi connectivity index (χ0) is 22.0. The molecule has 2 aromatic rings. The second kappa shape index (κ2) is 11.1. The summed E-state index contributed by atoms with van der Waals surface area (Å²) in [5.74, 6) is 0.494. The van der Waals surface area contributed by atoms with Gasteiger partial charge in [0, 0.05) is 24.7 Å². The lowest BCUT2D eigenvalue weighted by Gasteiger charge is -2.12. The molecule has 0 saturated carbocycles. The normalized spacial score (nSPS) is 11.9. The van der Waals surface area contributed by atoms with Crippen LogP contribution in [0.3, 0.4) is 0 Å². The summed E-state index contributed by atoms with van der Waals surface area (Å²) in [6.07, 6.45) is -4.34. The van der Waals surface area contributed by atoms with Crippen molar-refractivity contribution >= 4 is 11.6 Å². The van der Waals surface area contributed by atoms with Crippen molar-refractivity contribution in [3.63, 3.8) is 0 Å². The van der Waals surface area contributed by atoms with E-state index >= 15 is 0 Å². The van der Waals surface area contributed by atoms with Gasteiger partial charge in [0.15, 0.2) is 5.96 Å². The van der Waals surface area contributed by atoms with Crippen molar-refractivity contribution in [3.05, 3.63) is 75.3 Å². The van der Waals surface area contributed by atoms with Crippen LogP contribution in [-0.4, -0.2) is 30.2 Å². The first-order valence-electron chi connectivity index (χ1n) is 9.25. The number of nitrogens with zero attached hydrogens (tertiary/aromatic N) is 2. The van der Waals surface area contributed by atoms with Crippen LogP contribution in [-0.2, 0) is 24.4 Å². The molecule has 2 rings (SSSR count). The number of nitro benzene ring substituents is 1. The number of rotatable bonds is 9. The third-order valence-corrected chi connectivity index (χ3v) is 3.96. The first-order valence-corrected chi connectivity index (χ1v) is 9.25. The molecule has 0 atom stereocenters. The van der Waals surface area contributed by atoms with Crippen molar-refractivity contribution in [3.8, 4) is 0 Å². The number of hydrogen-bond donors (Lipinski definition) is 2. The van der Waals surface area contributed by atoms with Crippen LogP contribution in [0.5, 0.6) is 0 Å². The van der Waals surface area contributed by atoms with Gasteiger partial charge >= 0.3 is 6.18 Å². The van der Waals surface area contributed by atoms with E-state index in [0.717, 1.165) is 5.56 Å². The van der Waals surface area contributed by atoms with Gasteiger partial charge in [-0.05, 0) is 18.1 Å². The SMILES string of the molecule is CCNC(=NCc1ccc(COCC(F)(F)F)cc1)NCc1ccccc1[N+](=O)[O-]. The number of aliphatic imine (C=N–C) groups is 1. The summed E-state index contributed by atoms with van der Waals surface area (Å²) in [5, 5.41) is 17.2. The summed E-state index contributed by atoms with van der Waals surface area (Å²) >= 11 is 0. The van der Waals surface area contributed by atoms with E-state index in [1.165, 1.54) is 6.07 Å². The lowest BCUT2D eigenvalue weighted by atomic mass is 10.1. The van der Waals surface area contributed by atoms with Crippen molar-refractivity contribution in [2.75, 3.05) is 13.2 Å². The monoisotopic (exact) mass is 424 g/mol. The van der Waals surface area contributed by atoms with Gasteiger partial charge in [0.1, 0.15) is 6.61 Å². The minimum absolute atomic E-state index is 0.0316. The van der Waals surface area contributed by atoms with Crippen LogP contribution < -0.4 is 10.6 Å². The zero-order valence-electron chi connectivity index (χ0n) is 16.4. The maximum Gasteiger partial charge on any atom is 0.411 e. The second-order valence-corrected chi connectivity index (χ2v) is 6.36. The number of benzene rings is 2. The van der Waals surface area contributed by atoms with Crippen molar-refractivity contribution in [2.24, 2.45) is 4.99 Å². The van der Waals surface area contributed by atoms with Gasteiger partial charge in [-0.1, -0.05) is 42.5 Å². The number of nitrogens with one attached hydrogen (secondary N) is 2. The number of para-hydroxylation sites is 1. The number of alkyl halides is 3. The standard InChI is InChI=1S/C20H23F3N4O3/c1-2-24-19(26-12-17-5-3-4-6-18(17)27(28)29)25-11-15-7-9-16(10-8-15)13-30-14-20(21,22)23/h3-10H,2,11-14H2,1H3,(H2,24,25,26). The molecule has 2 aromatic carbocycles. The number of ether oxygens (including phenoxy) is 1. The van der Waals surface area contributed by atoms with Gasteiger partial charge in [-0.2, -0.15) is 13.2 Å². The lowest BCUT2D eigenvalue weighted by molar-refractivity contribution is -0.385. The Hall–Kier alpha value is -3.14. The molecule has 10 heteroatoms. The van der Waals surface area contributed by atoms with Crippen molar-refractivity contribution in [1.29, 1.82) is 0 Å². The molecule has 0 amide bonds. The number of hydrogen-bond acceptors (Lipinski definition) is 4. The highest BCUT2D eigenvalue weighted by molar-refractivity contribution is 5.79. The molecular weight excluding hydrogens is 401 g/mol. The topological polar surface area (TPSA) is 88.8 Å². The van der Waals surface area contributed by atoms with E-state index in [-0.39, 0.29) is 18.8 Å². The van der Waals surface area contributed by atoms with Gasteiger partial charge in [-0.15, -0.1) is 0 Å². The fourth-order valence-corrected chi connectivity index (χ4v) is 2.55. The third-order valence-electron chi connectivity index (χ3n) is 3.96. The molecule has 0 aliphatic rings. The van der Waals surface area contributed by atoms with E-state index in [1.807, 2.05) is 6.92 Å². The molecule has 0 radical (unpaired) electrons. The maximum atomic E-state index is 12.1. The van der Waals surface area contributed by atoms with Crippen molar-refractivity contribution < 1.29 is 22.8 Å². The Morgan fingerprint density at radius 3 is 2.40 bits per heavy atom. The highest BCUT2D eigenvalue weighted by Crippen LogP contribution is 2.17. The van der Waals surface area contributed by atoms with Crippen molar-refractivity contribution in [2.45, 2.75) is 32.8 Å². The Morgan fingerprint density at radius 1 is 1.10 bits per heavy atom. The zero-order valence-corrected chi connectivity index (χ0v) is 16.4. The summed E-state index contributed by atoms with van der Waals surface area (Å²) in [5.41, 5.74) is 2.06. The fourth-order valence-electron chi connectivity index (χ4n) is 2.55. The average Bonchev–Trinajstić information content (AvgIpc) is 2.70. The number of nitro groups is 1. The Balaban J connectivity index is 1.93. The highest BCUT2D eigenvalue weighted by Gasteiger charge is 2.27. The second-order valence-electron chi connectivity index (χ2n) is 6.36. The van der Waals surface area contributed by atoms with Crippen LogP contribution in [0.2, 0.25) is 0 Å². The van der Waals surface area contributed by atoms with Crippen LogP contribution in [0.15, 0.2) is 53.5 Å². The molecule has 0 unspecified atom stereocenters. The minimum atomic E-state index is -4.34. The Labute approximate surface area is 172 Å². The van der Waals surface area contributed by atoms with Crippen LogP contribution in [0.1, 0.15) is 23.6 Å². The van der Waals surface area contributed by atoms with E-state index in [4.69, 9.17) is 0 Å². The molecule has 0 aliphatic carbocycles. The molecule has 0 bridgehead atoms. The Bertz CT molecular complexity index is 855. The predicted octanol–water partition coefficient (Wildman–Crippen LogP) is 3.93. The number of guanidine groups is 1. The molecule has 0 aliphatic heterocycles. The van der Waals surface area contributed by atoms with E-state index in [9.17, 15) is 23.3 Å². The lowest BCUT2D eigenvalue weighted by Crippen LogP contribution is -2.36. The first kappa shape index (κ1) is 23.1. The molecule has 0 heterocycles. The van der Waals surface area contributed by atoms with Crippen LogP contribution >= 0.6 is 0 Å². The molecule has 7 nitrogen and oxygen atoms in total. The summed E-state index contributed by atoms with van der Waals surface area (Å²) < 4.78 is 41.0. The van der Waals surface area contributed by atoms with Gasteiger partial charge in [0.2, 0.25) is 0 Å². The largest absolute Gasteiger partial charge is 0.411 e. The molecule has 0 aromatic heterocycles.